The van der Waals surface area contributed by atoms with Crippen LogP contribution in [0.3, 0.4) is 0 Å². The van der Waals surface area contributed by atoms with Gasteiger partial charge >= 0.3 is 5.97 Å². The Morgan fingerprint density at radius 3 is 2.56 bits per heavy atom. The molecule has 0 amide bonds. The molecule has 0 fully saturated rings. The van der Waals surface area contributed by atoms with E-state index >= 15 is 0 Å². The van der Waals surface area contributed by atoms with Gasteiger partial charge in [0.2, 0.25) is 5.78 Å². The number of carbonyl (C=O) groups excluding carboxylic acids is 2. The molecule has 32 heavy (non-hydrogen) atoms. The fraction of sp³-hybridized carbons (Fsp3) is 0.120. The van der Waals surface area contributed by atoms with Gasteiger partial charge in [-0.15, -0.1) is 0 Å². The highest BCUT2D eigenvalue weighted by Gasteiger charge is 2.19. The molecule has 2 aromatic carbocycles. The minimum Gasteiger partial charge on any atom is -0.454 e. The predicted molar refractivity (Wildman–Crippen MR) is 119 cm³/mol. The van der Waals surface area contributed by atoms with Crippen molar-refractivity contribution in [3.05, 3.63) is 95.3 Å². The Morgan fingerprint density at radius 2 is 1.78 bits per heavy atom. The first-order valence-electron chi connectivity index (χ1n) is 9.97. The molecule has 7 heteroatoms. The average Bonchev–Trinajstić information content (AvgIpc) is 3.10. The van der Waals surface area contributed by atoms with Gasteiger partial charge in [-0.25, -0.2) is 14.2 Å². The van der Waals surface area contributed by atoms with Crippen molar-refractivity contribution in [3.8, 4) is 5.69 Å². The van der Waals surface area contributed by atoms with Crippen LogP contribution in [0.2, 0.25) is 0 Å². The van der Waals surface area contributed by atoms with Gasteiger partial charge in [0.15, 0.2) is 6.61 Å². The van der Waals surface area contributed by atoms with E-state index in [1.165, 1.54) is 18.2 Å². The maximum atomic E-state index is 14.2. The smallest absolute Gasteiger partial charge is 0.331 e. The van der Waals surface area contributed by atoms with E-state index in [0.29, 0.717) is 33.8 Å². The van der Waals surface area contributed by atoms with Gasteiger partial charge in [-0.1, -0.05) is 24.3 Å². The highest BCUT2D eigenvalue weighted by atomic mass is 19.1. The SMILES string of the molecule is Cc1cc(C(=O)COC(=O)/C=C/c2cnc3ccccc3n2)c(C)n1-c1ccccc1F. The normalized spacial score (nSPS) is 11.2. The van der Waals surface area contributed by atoms with E-state index in [-0.39, 0.29) is 11.6 Å². The van der Waals surface area contributed by atoms with Gasteiger partial charge < -0.3 is 9.30 Å². The lowest BCUT2D eigenvalue weighted by atomic mass is 10.1. The van der Waals surface area contributed by atoms with Crippen LogP contribution in [0.1, 0.15) is 27.4 Å². The summed E-state index contributed by atoms with van der Waals surface area (Å²) in [6, 6.07) is 15.4. The monoisotopic (exact) mass is 429 g/mol. The van der Waals surface area contributed by atoms with Crippen LogP contribution in [-0.2, 0) is 9.53 Å². The zero-order valence-corrected chi connectivity index (χ0v) is 17.6. The number of aryl methyl sites for hydroxylation is 1. The van der Waals surface area contributed by atoms with Gasteiger partial charge in [0.05, 0.1) is 28.6 Å². The van der Waals surface area contributed by atoms with Crippen molar-refractivity contribution in [2.24, 2.45) is 0 Å². The fourth-order valence-corrected chi connectivity index (χ4v) is 3.52. The van der Waals surface area contributed by atoms with Crippen LogP contribution in [0.4, 0.5) is 4.39 Å². The number of fused-ring (bicyclic) bond motifs is 1. The molecular weight excluding hydrogens is 409 g/mol. The van der Waals surface area contributed by atoms with E-state index in [4.69, 9.17) is 4.74 Å². The molecule has 0 saturated carbocycles. The number of rotatable bonds is 6. The van der Waals surface area contributed by atoms with Crippen LogP contribution in [0.5, 0.6) is 0 Å². The molecule has 4 aromatic rings. The number of ketones is 1. The topological polar surface area (TPSA) is 74.1 Å². The van der Waals surface area contributed by atoms with Crippen molar-refractivity contribution in [2.45, 2.75) is 13.8 Å². The van der Waals surface area contributed by atoms with Gasteiger partial charge in [0.25, 0.3) is 0 Å². The van der Waals surface area contributed by atoms with Crippen LogP contribution < -0.4 is 0 Å². The molecular formula is C25H20FN3O3. The molecule has 6 nitrogen and oxygen atoms in total. The van der Waals surface area contributed by atoms with E-state index in [1.807, 2.05) is 24.3 Å². The summed E-state index contributed by atoms with van der Waals surface area (Å²) in [5.41, 5.74) is 3.99. The van der Waals surface area contributed by atoms with Crippen LogP contribution >= 0.6 is 0 Å². The van der Waals surface area contributed by atoms with Gasteiger partial charge in [0, 0.05) is 23.0 Å². The summed E-state index contributed by atoms with van der Waals surface area (Å²) in [6.07, 6.45) is 4.24. The first-order valence-corrected chi connectivity index (χ1v) is 9.97. The van der Waals surface area contributed by atoms with Crippen molar-refractivity contribution in [2.75, 3.05) is 6.61 Å². The van der Waals surface area contributed by atoms with Crippen LogP contribution in [0, 0.1) is 19.7 Å². The predicted octanol–water partition coefficient (Wildman–Crippen LogP) is 4.62. The zero-order valence-electron chi connectivity index (χ0n) is 17.6. The number of benzene rings is 2. The third-order valence-electron chi connectivity index (χ3n) is 5.03. The molecule has 0 aliphatic heterocycles. The van der Waals surface area contributed by atoms with Gasteiger partial charge in [0.1, 0.15) is 5.82 Å². The van der Waals surface area contributed by atoms with E-state index < -0.39 is 12.6 Å². The molecule has 2 aromatic heterocycles. The second-order valence-corrected chi connectivity index (χ2v) is 7.22. The Labute approximate surface area is 184 Å². The number of ether oxygens (including phenoxy) is 1. The van der Waals surface area contributed by atoms with Crippen LogP contribution in [0.15, 0.2) is 66.9 Å². The zero-order chi connectivity index (χ0) is 22.7. The Kier molecular flexibility index (Phi) is 5.89. The summed E-state index contributed by atoms with van der Waals surface area (Å²) in [5, 5.41) is 0. The Hall–Kier alpha value is -4.13. The standard InChI is InChI=1S/C25H20FN3O3/c1-16-13-19(17(2)29(16)23-10-6-3-7-20(23)26)24(30)15-32-25(31)12-11-18-14-27-21-8-4-5-9-22(21)28-18/h3-14H,15H2,1-2H3/b12-11+. The number of hydrogen-bond donors (Lipinski definition) is 0. The minimum absolute atomic E-state index is 0.359. The van der Waals surface area contributed by atoms with Crippen molar-refractivity contribution in [1.29, 1.82) is 0 Å². The summed E-state index contributed by atoms with van der Waals surface area (Å²) in [6.45, 7) is 3.09. The molecule has 160 valence electrons. The second kappa shape index (κ2) is 8.93. The van der Waals surface area contributed by atoms with Gasteiger partial charge in [-0.3, -0.25) is 9.78 Å². The fourth-order valence-electron chi connectivity index (χ4n) is 3.52. The quantitative estimate of drug-likeness (QED) is 0.254. The van der Waals surface area contributed by atoms with Crippen LogP contribution in [0.25, 0.3) is 22.8 Å². The molecule has 0 atom stereocenters. The number of aromatic nitrogens is 3. The summed E-state index contributed by atoms with van der Waals surface area (Å²) >= 11 is 0. The highest BCUT2D eigenvalue weighted by molar-refractivity contribution is 6.00. The van der Waals surface area contributed by atoms with E-state index in [9.17, 15) is 14.0 Å². The lowest BCUT2D eigenvalue weighted by Gasteiger charge is -2.10. The number of Topliss-reactive ketones (excluding diaryl/α,β-unsaturated/α-hetero) is 1. The maximum Gasteiger partial charge on any atom is 0.331 e. The first-order chi connectivity index (χ1) is 15.4. The van der Waals surface area contributed by atoms with Crippen LogP contribution in [-0.4, -0.2) is 32.9 Å². The Morgan fingerprint density at radius 1 is 1.06 bits per heavy atom. The largest absolute Gasteiger partial charge is 0.454 e. The number of carbonyl (C=O) groups is 2. The van der Waals surface area contributed by atoms with Crippen molar-refractivity contribution in [1.82, 2.24) is 14.5 Å². The lowest BCUT2D eigenvalue weighted by Crippen LogP contribution is -2.13. The third kappa shape index (κ3) is 4.32. The van der Waals surface area contributed by atoms with E-state index in [1.54, 1.807) is 48.9 Å². The molecule has 0 radical (unpaired) electrons. The number of halogens is 1. The molecule has 4 rings (SSSR count). The number of esters is 1. The second-order valence-electron chi connectivity index (χ2n) is 7.22. The molecule has 0 bridgehead atoms. The maximum absolute atomic E-state index is 14.2. The Bertz CT molecular complexity index is 1360. The van der Waals surface area contributed by atoms with Crippen molar-refractivity contribution < 1.29 is 18.7 Å². The number of hydrogen-bond acceptors (Lipinski definition) is 5. The number of nitrogens with zero attached hydrogens (tertiary/aromatic N) is 3. The van der Waals surface area contributed by atoms with Gasteiger partial charge in [-0.2, -0.15) is 0 Å². The molecule has 0 N–H and O–H groups in total. The summed E-state index contributed by atoms with van der Waals surface area (Å²) in [7, 11) is 0. The average molecular weight is 429 g/mol. The molecule has 0 aliphatic carbocycles. The third-order valence-corrected chi connectivity index (χ3v) is 5.03. The first kappa shape index (κ1) is 21.1. The minimum atomic E-state index is -0.670. The molecule has 0 spiro atoms. The Balaban J connectivity index is 1.43. The van der Waals surface area contributed by atoms with Gasteiger partial charge in [-0.05, 0) is 50.3 Å². The van der Waals surface area contributed by atoms with E-state index in [0.717, 1.165) is 5.52 Å². The highest BCUT2D eigenvalue weighted by Crippen LogP contribution is 2.23. The summed E-state index contributed by atoms with van der Waals surface area (Å²) in [4.78, 5) is 33.4. The summed E-state index contributed by atoms with van der Waals surface area (Å²) < 4.78 is 21.0. The molecule has 0 unspecified atom stereocenters. The van der Waals surface area contributed by atoms with Crippen molar-refractivity contribution >= 4 is 28.9 Å². The molecule has 0 saturated heterocycles. The molecule has 2 heterocycles. The summed E-state index contributed by atoms with van der Waals surface area (Å²) in [5.74, 6) is -1.43. The number of para-hydroxylation sites is 3. The lowest BCUT2D eigenvalue weighted by molar-refractivity contribution is -0.136. The molecule has 0 aliphatic rings. The van der Waals surface area contributed by atoms with E-state index in [2.05, 4.69) is 9.97 Å². The van der Waals surface area contributed by atoms with Crippen molar-refractivity contribution in [3.63, 3.8) is 0 Å².